The van der Waals surface area contributed by atoms with Crippen molar-refractivity contribution in [2.24, 2.45) is 0 Å². The molecule has 0 bridgehead atoms. The molecule has 0 unspecified atom stereocenters. The second-order valence-electron chi connectivity index (χ2n) is 9.00. The minimum atomic E-state index is -4.43. The summed E-state index contributed by atoms with van der Waals surface area (Å²) in [5, 5.41) is 0. The van der Waals surface area contributed by atoms with Crippen molar-refractivity contribution in [2.45, 2.75) is 52.9 Å². The minimum absolute atomic E-state index is 0.200. The molecule has 2 aromatic carbocycles. The molecular formula is C26H30F3N3O6S. The molecule has 0 aliphatic heterocycles. The molecule has 0 saturated carbocycles. The largest absolute Gasteiger partial charge is 0.493 e. The number of halogens is 3. The summed E-state index contributed by atoms with van der Waals surface area (Å²) >= 11 is 0. The van der Waals surface area contributed by atoms with E-state index in [0.29, 0.717) is 39.2 Å². The van der Waals surface area contributed by atoms with E-state index in [1.807, 2.05) is 0 Å². The summed E-state index contributed by atoms with van der Waals surface area (Å²) in [5.41, 5.74) is 0.772. The van der Waals surface area contributed by atoms with E-state index >= 15 is 0 Å². The lowest BCUT2D eigenvalue weighted by Crippen LogP contribution is -2.45. The van der Waals surface area contributed by atoms with Gasteiger partial charge in [-0.05, 0) is 67.2 Å². The number of ether oxygens (including phenoxy) is 1. The number of rotatable bonds is 11. The Morgan fingerprint density at radius 1 is 1.13 bits per heavy atom. The van der Waals surface area contributed by atoms with Crippen LogP contribution in [0.3, 0.4) is 0 Å². The highest BCUT2D eigenvalue weighted by atomic mass is 32.2. The predicted octanol–water partition coefficient (Wildman–Crippen LogP) is 5.16. The topological polar surface area (TPSA) is 102 Å². The Labute approximate surface area is 225 Å². The average Bonchev–Trinajstić information content (AvgIpc) is 3.23. The summed E-state index contributed by atoms with van der Waals surface area (Å²) in [6.07, 6.45) is -4.07. The maximum Gasteiger partial charge on any atom is 0.416 e. The lowest BCUT2D eigenvalue weighted by molar-refractivity contribution is -0.168. The lowest BCUT2D eigenvalue weighted by Gasteiger charge is -2.28. The highest BCUT2D eigenvalue weighted by molar-refractivity contribution is 7.86. The number of aryl methyl sites for hydroxylation is 1. The van der Waals surface area contributed by atoms with Gasteiger partial charge in [0.1, 0.15) is 11.5 Å². The first-order valence-electron chi connectivity index (χ1n) is 12.0. The number of alkyl halides is 3. The molecule has 0 aliphatic rings. The van der Waals surface area contributed by atoms with E-state index in [9.17, 15) is 26.4 Å². The number of carbonyl (C=O) groups is 1. The van der Waals surface area contributed by atoms with Crippen LogP contribution in [-0.4, -0.2) is 47.8 Å². The standard InChI is InChI=1S/C26H30F3N3O6S/c1-17(2)31(5)39(34,35)32(38-19(4)33)16-20-7-6-8-23(15-20)36-14-13-24-18(3)37-25(30-24)21-9-11-22(12-10-21)26(27,28)29/h6-12,15,17H,13-14,16H2,1-5H3. The lowest BCUT2D eigenvalue weighted by atomic mass is 10.1. The zero-order valence-corrected chi connectivity index (χ0v) is 23.0. The van der Waals surface area contributed by atoms with E-state index in [2.05, 4.69) is 4.98 Å². The van der Waals surface area contributed by atoms with Crippen LogP contribution in [0.5, 0.6) is 5.75 Å². The van der Waals surface area contributed by atoms with E-state index in [4.69, 9.17) is 14.0 Å². The van der Waals surface area contributed by atoms with Gasteiger partial charge in [-0.3, -0.25) is 4.79 Å². The van der Waals surface area contributed by atoms with Crippen LogP contribution in [0.25, 0.3) is 11.5 Å². The van der Waals surface area contributed by atoms with Crippen molar-refractivity contribution in [3.05, 3.63) is 71.1 Å². The Morgan fingerprint density at radius 2 is 1.79 bits per heavy atom. The van der Waals surface area contributed by atoms with Gasteiger partial charge >= 0.3 is 22.4 Å². The summed E-state index contributed by atoms with van der Waals surface area (Å²) in [6.45, 7) is 6.18. The molecule has 0 N–H and O–H groups in total. The van der Waals surface area contributed by atoms with Crippen LogP contribution in [0.2, 0.25) is 0 Å². The molecule has 0 amide bonds. The zero-order chi connectivity index (χ0) is 29.0. The number of hydrogen-bond donors (Lipinski definition) is 0. The van der Waals surface area contributed by atoms with Crippen molar-refractivity contribution in [3.63, 3.8) is 0 Å². The molecule has 0 radical (unpaired) electrons. The van der Waals surface area contributed by atoms with Crippen molar-refractivity contribution in [1.29, 1.82) is 0 Å². The second-order valence-corrected chi connectivity index (χ2v) is 10.9. The fraction of sp³-hybridized carbons (Fsp3) is 0.385. The van der Waals surface area contributed by atoms with Gasteiger partial charge in [0.15, 0.2) is 0 Å². The van der Waals surface area contributed by atoms with Gasteiger partial charge in [-0.2, -0.15) is 25.9 Å². The zero-order valence-electron chi connectivity index (χ0n) is 22.2. The van der Waals surface area contributed by atoms with Gasteiger partial charge in [0.05, 0.1) is 24.4 Å². The van der Waals surface area contributed by atoms with Crippen molar-refractivity contribution in [2.75, 3.05) is 13.7 Å². The summed E-state index contributed by atoms with van der Waals surface area (Å²) in [4.78, 5) is 21.0. The molecule has 0 fully saturated rings. The van der Waals surface area contributed by atoms with E-state index in [1.165, 1.54) is 19.2 Å². The van der Waals surface area contributed by atoms with Gasteiger partial charge in [-0.15, -0.1) is 0 Å². The molecule has 0 atom stereocenters. The smallest absolute Gasteiger partial charge is 0.416 e. The van der Waals surface area contributed by atoms with Crippen LogP contribution in [-0.2, 0) is 39.0 Å². The number of carbonyl (C=O) groups excluding carboxylic acids is 1. The normalized spacial score (nSPS) is 12.4. The SMILES string of the molecule is CC(=O)ON(Cc1cccc(OCCc2nc(-c3ccc(C(F)(F)F)cc3)oc2C)c1)S(=O)(=O)N(C)C(C)C. The van der Waals surface area contributed by atoms with E-state index in [-0.39, 0.29) is 25.1 Å². The Kier molecular flexibility index (Phi) is 9.41. The van der Waals surface area contributed by atoms with E-state index < -0.39 is 27.9 Å². The van der Waals surface area contributed by atoms with Crippen LogP contribution < -0.4 is 4.74 Å². The number of oxazole rings is 1. The van der Waals surface area contributed by atoms with Gasteiger partial charge in [0.25, 0.3) is 0 Å². The molecule has 1 aromatic heterocycles. The summed E-state index contributed by atoms with van der Waals surface area (Å²) in [7, 11) is -2.69. The van der Waals surface area contributed by atoms with Crippen LogP contribution in [0, 0.1) is 6.92 Å². The molecular weight excluding hydrogens is 539 g/mol. The predicted molar refractivity (Wildman–Crippen MR) is 136 cm³/mol. The fourth-order valence-corrected chi connectivity index (χ4v) is 4.78. The van der Waals surface area contributed by atoms with Crippen LogP contribution in [0.15, 0.2) is 52.9 Å². The van der Waals surface area contributed by atoms with Gasteiger partial charge < -0.3 is 14.0 Å². The Hall–Kier alpha value is -3.42. The third kappa shape index (κ3) is 7.80. The molecule has 3 aromatic rings. The Balaban J connectivity index is 1.66. The van der Waals surface area contributed by atoms with Crippen molar-refractivity contribution >= 4 is 16.2 Å². The molecule has 39 heavy (non-hydrogen) atoms. The third-order valence-corrected chi connectivity index (χ3v) is 7.62. The van der Waals surface area contributed by atoms with Crippen molar-refractivity contribution < 1.29 is 40.4 Å². The summed E-state index contributed by atoms with van der Waals surface area (Å²) in [6, 6.07) is 10.9. The van der Waals surface area contributed by atoms with Crippen LogP contribution in [0.4, 0.5) is 13.2 Å². The second kappa shape index (κ2) is 12.2. The van der Waals surface area contributed by atoms with Gasteiger partial charge in [-0.1, -0.05) is 12.1 Å². The molecule has 0 spiro atoms. The highest BCUT2D eigenvalue weighted by Crippen LogP contribution is 2.31. The summed E-state index contributed by atoms with van der Waals surface area (Å²) in [5.74, 6) is 0.394. The van der Waals surface area contributed by atoms with E-state index in [0.717, 1.165) is 23.4 Å². The van der Waals surface area contributed by atoms with Gasteiger partial charge in [0, 0.05) is 32.0 Å². The summed E-state index contributed by atoms with van der Waals surface area (Å²) < 4.78 is 77.4. The van der Waals surface area contributed by atoms with Gasteiger partial charge in [-0.25, -0.2) is 4.98 Å². The highest BCUT2D eigenvalue weighted by Gasteiger charge is 2.32. The first kappa shape index (κ1) is 30.1. The maximum absolute atomic E-state index is 12.9. The molecule has 212 valence electrons. The maximum atomic E-state index is 12.9. The van der Waals surface area contributed by atoms with Crippen molar-refractivity contribution in [1.82, 2.24) is 13.8 Å². The first-order chi connectivity index (χ1) is 18.2. The number of nitrogens with zero attached hydrogens (tertiary/aromatic N) is 3. The Morgan fingerprint density at radius 3 is 2.38 bits per heavy atom. The van der Waals surface area contributed by atoms with E-state index in [1.54, 1.807) is 45.0 Å². The number of benzene rings is 2. The quantitative estimate of drug-likeness (QED) is 0.294. The third-order valence-electron chi connectivity index (χ3n) is 5.75. The Bertz CT molecular complexity index is 1390. The number of aromatic nitrogens is 1. The van der Waals surface area contributed by atoms with Crippen LogP contribution >= 0.6 is 0 Å². The molecule has 9 nitrogen and oxygen atoms in total. The molecule has 13 heteroatoms. The fourth-order valence-electron chi connectivity index (χ4n) is 3.45. The molecule has 0 saturated heterocycles. The molecule has 3 rings (SSSR count). The van der Waals surface area contributed by atoms with Crippen LogP contribution in [0.1, 0.15) is 43.4 Å². The van der Waals surface area contributed by atoms with Crippen molar-refractivity contribution in [3.8, 4) is 17.2 Å². The molecule has 0 aliphatic carbocycles. The number of hydrogen-bond acceptors (Lipinski definition) is 7. The van der Waals surface area contributed by atoms with Gasteiger partial charge in [0.2, 0.25) is 5.89 Å². The molecule has 1 heterocycles. The number of hydroxylamine groups is 1. The average molecular weight is 570 g/mol. The first-order valence-corrected chi connectivity index (χ1v) is 13.4. The minimum Gasteiger partial charge on any atom is -0.493 e. The monoisotopic (exact) mass is 569 g/mol.